The number of benzene rings is 2. The first kappa shape index (κ1) is 22.4. The topological polar surface area (TPSA) is 89.0 Å². The number of aliphatic hydroxyl groups excluding tert-OH is 1. The Labute approximate surface area is 195 Å². The van der Waals surface area contributed by atoms with Crippen LogP contribution in [0.5, 0.6) is 11.5 Å². The Hall–Kier alpha value is -3.84. The molecule has 1 aliphatic heterocycles. The van der Waals surface area contributed by atoms with Gasteiger partial charge in [0, 0.05) is 24.0 Å². The van der Waals surface area contributed by atoms with E-state index in [0.29, 0.717) is 22.1 Å². The third-order valence-corrected chi connectivity index (χ3v) is 5.70. The van der Waals surface area contributed by atoms with Crippen molar-refractivity contribution < 1.29 is 24.2 Å². The van der Waals surface area contributed by atoms with Crippen LogP contribution in [0.25, 0.3) is 5.76 Å². The molecule has 1 atom stereocenters. The smallest absolute Gasteiger partial charge is 0.295 e. The van der Waals surface area contributed by atoms with Gasteiger partial charge >= 0.3 is 0 Å². The predicted molar refractivity (Wildman–Crippen MR) is 123 cm³/mol. The van der Waals surface area contributed by atoms with Crippen LogP contribution in [0.15, 0.2) is 72.6 Å². The highest BCUT2D eigenvalue weighted by Crippen LogP contribution is 2.42. The molecule has 8 heteroatoms. The molecule has 0 bridgehead atoms. The molecule has 1 amide bonds. The molecule has 2 heterocycles. The molecule has 4 rings (SSSR count). The summed E-state index contributed by atoms with van der Waals surface area (Å²) in [4.78, 5) is 31.8. The van der Waals surface area contributed by atoms with E-state index in [1.165, 1.54) is 18.1 Å². The molecule has 1 aliphatic rings. The standard InChI is InChI=1S/C25H21ClN2O5/c1-32-18-8-5-16(6-9-18)22-21(23(29)19-12-17(26)7-10-20(19)33-2)24(30)25(31)28(22)14-15-4-3-11-27-13-15/h3-13,22,29H,14H2,1-2H3/b23-21+. The number of amides is 1. The molecule has 1 unspecified atom stereocenters. The fourth-order valence-corrected chi connectivity index (χ4v) is 4.05. The lowest BCUT2D eigenvalue weighted by atomic mass is 9.95. The number of carbonyl (C=O) groups excluding carboxylic acids is 2. The first-order valence-corrected chi connectivity index (χ1v) is 10.5. The van der Waals surface area contributed by atoms with Crippen LogP contribution in [0, 0.1) is 0 Å². The van der Waals surface area contributed by atoms with E-state index in [2.05, 4.69) is 4.98 Å². The molecule has 1 aromatic heterocycles. The first-order valence-electron chi connectivity index (χ1n) is 10.1. The number of hydrogen-bond donors (Lipinski definition) is 1. The van der Waals surface area contributed by atoms with Crippen LogP contribution in [0.2, 0.25) is 5.02 Å². The van der Waals surface area contributed by atoms with Gasteiger partial charge in [-0.05, 0) is 47.5 Å². The van der Waals surface area contributed by atoms with E-state index in [1.807, 2.05) is 6.07 Å². The number of aromatic nitrogens is 1. The third-order valence-electron chi connectivity index (χ3n) is 5.46. The average Bonchev–Trinajstić information content (AvgIpc) is 3.09. The number of halogens is 1. The lowest BCUT2D eigenvalue weighted by Gasteiger charge is -2.25. The Bertz CT molecular complexity index is 1230. The second-order valence-electron chi connectivity index (χ2n) is 7.41. The molecule has 7 nitrogen and oxygen atoms in total. The highest BCUT2D eigenvalue weighted by Gasteiger charge is 2.46. The van der Waals surface area contributed by atoms with Crippen molar-refractivity contribution in [2.45, 2.75) is 12.6 Å². The predicted octanol–water partition coefficient (Wildman–Crippen LogP) is 4.37. The summed E-state index contributed by atoms with van der Waals surface area (Å²) in [5.74, 6) is -0.924. The van der Waals surface area contributed by atoms with Gasteiger partial charge in [-0.2, -0.15) is 0 Å². The SMILES string of the molecule is COc1ccc(C2/C(=C(\O)c3cc(Cl)ccc3OC)C(=O)C(=O)N2Cc2cccnc2)cc1. The molecule has 2 aromatic carbocycles. The van der Waals surface area contributed by atoms with Crippen LogP contribution in [-0.4, -0.2) is 40.9 Å². The molecule has 33 heavy (non-hydrogen) atoms. The Morgan fingerprint density at radius 2 is 1.85 bits per heavy atom. The average molecular weight is 465 g/mol. The zero-order valence-corrected chi connectivity index (χ0v) is 18.7. The number of ketones is 1. The number of carbonyl (C=O) groups is 2. The summed E-state index contributed by atoms with van der Waals surface area (Å²) >= 11 is 6.14. The van der Waals surface area contributed by atoms with Gasteiger partial charge < -0.3 is 19.5 Å². The molecule has 0 aliphatic carbocycles. The minimum absolute atomic E-state index is 0.0466. The number of nitrogens with zero attached hydrogens (tertiary/aromatic N) is 2. The Morgan fingerprint density at radius 3 is 2.48 bits per heavy atom. The Balaban J connectivity index is 1.90. The van der Waals surface area contributed by atoms with Crippen molar-refractivity contribution in [2.24, 2.45) is 0 Å². The number of aliphatic hydroxyl groups is 1. The quantitative estimate of drug-likeness (QED) is 0.331. The number of Topliss-reactive ketones (excluding diaryl/α,β-unsaturated/α-hetero) is 1. The van der Waals surface area contributed by atoms with Crippen molar-refractivity contribution in [1.29, 1.82) is 0 Å². The second kappa shape index (κ2) is 9.34. The molecular weight excluding hydrogens is 444 g/mol. The number of rotatable bonds is 6. The van der Waals surface area contributed by atoms with Gasteiger partial charge in [-0.15, -0.1) is 0 Å². The van der Waals surface area contributed by atoms with E-state index in [4.69, 9.17) is 21.1 Å². The van der Waals surface area contributed by atoms with Crippen LogP contribution in [0.4, 0.5) is 0 Å². The molecule has 1 fully saturated rings. The van der Waals surface area contributed by atoms with Gasteiger partial charge in [-0.1, -0.05) is 29.8 Å². The maximum absolute atomic E-state index is 13.2. The highest BCUT2D eigenvalue weighted by molar-refractivity contribution is 6.46. The molecule has 0 radical (unpaired) electrons. The molecular formula is C25H21ClN2O5. The van der Waals surface area contributed by atoms with E-state index < -0.39 is 17.7 Å². The fraction of sp³-hybridized carbons (Fsp3) is 0.160. The van der Waals surface area contributed by atoms with Gasteiger partial charge in [-0.3, -0.25) is 14.6 Å². The number of pyridine rings is 1. The van der Waals surface area contributed by atoms with Gasteiger partial charge in [0.05, 0.1) is 31.4 Å². The van der Waals surface area contributed by atoms with Crippen molar-refractivity contribution in [3.63, 3.8) is 0 Å². The van der Waals surface area contributed by atoms with Crippen molar-refractivity contribution >= 4 is 29.1 Å². The molecule has 0 saturated carbocycles. The zero-order valence-electron chi connectivity index (χ0n) is 18.0. The highest BCUT2D eigenvalue weighted by atomic mass is 35.5. The molecule has 0 spiro atoms. The second-order valence-corrected chi connectivity index (χ2v) is 7.84. The monoisotopic (exact) mass is 464 g/mol. The fourth-order valence-electron chi connectivity index (χ4n) is 3.87. The lowest BCUT2D eigenvalue weighted by Crippen LogP contribution is -2.29. The van der Waals surface area contributed by atoms with Crippen molar-refractivity contribution in [3.8, 4) is 11.5 Å². The van der Waals surface area contributed by atoms with Gasteiger partial charge in [0.15, 0.2) is 0 Å². The van der Waals surface area contributed by atoms with E-state index in [9.17, 15) is 14.7 Å². The largest absolute Gasteiger partial charge is 0.507 e. The summed E-state index contributed by atoms with van der Waals surface area (Å²) in [6.45, 7) is 0.137. The zero-order chi connectivity index (χ0) is 23.5. The van der Waals surface area contributed by atoms with Crippen LogP contribution in [0.3, 0.4) is 0 Å². The number of ether oxygens (including phenoxy) is 2. The molecule has 1 saturated heterocycles. The van der Waals surface area contributed by atoms with Crippen LogP contribution in [0.1, 0.15) is 22.7 Å². The normalized spacial score (nSPS) is 17.3. The van der Waals surface area contributed by atoms with Crippen molar-refractivity contribution in [2.75, 3.05) is 14.2 Å². The van der Waals surface area contributed by atoms with E-state index in [1.54, 1.807) is 62.0 Å². The summed E-state index contributed by atoms with van der Waals surface area (Å²) in [5, 5.41) is 11.6. The van der Waals surface area contributed by atoms with Crippen molar-refractivity contribution in [1.82, 2.24) is 9.88 Å². The minimum Gasteiger partial charge on any atom is -0.507 e. The Kier molecular flexibility index (Phi) is 6.33. The summed E-state index contributed by atoms with van der Waals surface area (Å²) in [6, 6.07) is 14.4. The van der Waals surface area contributed by atoms with Crippen LogP contribution in [-0.2, 0) is 16.1 Å². The van der Waals surface area contributed by atoms with Crippen molar-refractivity contribution in [3.05, 3.63) is 94.3 Å². The molecule has 3 aromatic rings. The summed E-state index contributed by atoms with van der Waals surface area (Å²) in [7, 11) is 3.00. The van der Waals surface area contributed by atoms with E-state index in [0.717, 1.165) is 5.56 Å². The molecule has 168 valence electrons. The summed E-state index contributed by atoms with van der Waals surface area (Å²) < 4.78 is 10.6. The first-order chi connectivity index (χ1) is 15.9. The maximum Gasteiger partial charge on any atom is 0.295 e. The number of methoxy groups -OCH3 is 2. The summed E-state index contributed by atoms with van der Waals surface area (Å²) in [6.07, 6.45) is 3.26. The maximum atomic E-state index is 13.2. The van der Waals surface area contributed by atoms with E-state index >= 15 is 0 Å². The molecule has 1 N–H and O–H groups in total. The van der Waals surface area contributed by atoms with Gasteiger partial charge in [0.25, 0.3) is 11.7 Å². The van der Waals surface area contributed by atoms with E-state index in [-0.39, 0.29) is 23.4 Å². The van der Waals surface area contributed by atoms with Crippen LogP contribution < -0.4 is 9.47 Å². The van der Waals surface area contributed by atoms with Gasteiger partial charge in [-0.25, -0.2) is 0 Å². The summed E-state index contributed by atoms with van der Waals surface area (Å²) in [5.41, 5.74) is 1.57. The Morgan fingerprint density at radius 1 is 1.09 bits per heavy atom. The van der Waals surface area contributed by atoms with Gasteiger partial charge in [0.1, 0.15) is 17.3 Å². The van der Waals surface area contributed by atoms with Crippen LogP contribution >= 0.6 is 11.6 Å². The third kappa shape index (κ3) is 4.27. The minimum atomic E-state index is -0.834. The lowest BCUT2D eigenvalue weighted by molar-refractivity contribution is -0.140. The van der Waals surface area contributed by atoms with Gasteiger partial charge in [0.2, 0.25) is 0 Å². The number of hydrogen-bond acceptors (Lipinski definition) is 6. The number of likely N-dealkylation sites (tertiary alicyclic amines) is 1.